The minimum atomic E-state index is -5.10. The molecule has 4 rings (SSSR count). The molecule has 2 unspecified atom stereocenters. The van der Waals surface area contributed by atoms with Gasteiger partial charge in [-0.1, -0.05) is 6.07 Å². The van der Waals surface area contributed by atoms with E-state index in [1.165, 1.54) is 44.8 Å². The predicted octanol–water partition coefficient (Wildman–Crippen LogP) is 5.35. The quantitative estimate of drug-likeness (QED) is 0.446. The highest BCUT2D eigenvalue weighted by atomic mass is 19.4. The van der Waals surface area contributed by atoms with Crippen LogP contribution in [0, 0.1) is 0 Å². The van der Waals surface area contributed by atoms with E-state index in [9.17, 15) is 35.9 Å². The molecule has 0 saturated heterocycles. The van der Waals surface area contributed by atoms with Crippen molar-refractivity contribution in [2.45, 2.75) is 30.9 Å². The first-order valence-corrected chi connectivity index (χ1v) is 11.2. The van der Waals surface area contributed by atoms with E-state index in [1.807, 2.05) is 0 Å². The molecule has 2 atom stereocenters. The Labute approximate surface area is 213 Å². The molecule has 0 radical (unpaired) electrons. The van der Waals surface area contributed by atoms with Gasteiger partial charge in [0.1, 0.15) is 5.75 Å². The first kappa shape index (κ1) is 27.0. The molecule has 0 saturated carbocycles. The number of hydrogen-bond donors (Lipinski definition) is 1. The SMILES string of the molecule is COc1ccc2c(c1)C(=O)N(C)C(c1cc(C(F)(F)F)cc(C(F)(F)F)c1)C2C(=O)NCc1ccncc1. The van der Waals surface area contributed by atoms with Crippen molar-refractivity contribution in [2.75, 3.05) is 14.2 Å². The predicted molar refractivity (Wildman–Crippen MR) is 123 cm³/mol. The number of methoxy groups -OCH3 is 1. The molecule has 0 aliphatic carbocycles. The summed E-state index contributed by atoms with van der Waals surface area (Å²) < 4.78 is 86.9. The van der Waals surface area contributed by atoms with Gasteiger partial charge in [-0.15, -0.1) is 0 Å². The van der Waals surface area contributed by atoms with Crippen LogP contribution < -0.4 is 10.1 Å². The summed E-state index contributed by atoms with van der Waals surface area (Å²) in [6, 6.07) is 7.15. The van der Waals surface area contributed by atoms with E-state index in [4.69, 9.17) is 4.74 Å². The van der Waals surface area contributed by atoms with Gasteiger partial charge in [0, 0.05) is 31.5 Å². The Hall–Kier alpha value is -4.09. The second-order valence-corrected chi connectivity index (χ2v) is 8.70. The van der Waals surface area contributed by atoms with Gasteiger partial charge >= 0.3 is 12.4 Å². The third-order valence-corrected chi connectivity index (χ3v) is 6.33. The van der Waals surface area contributed by atoms with Crippen molar-refractivity contribution in [3.8, 4) is 5.75 Å². The number of fused-ring (bicyclic) bond motifs is 1. The van der Waals surface area contributed by atoms with E-state index in [0.717, 1.165) is 4.90 Å². The summed E-state index contributed by atoms with van der Waals surface area (Å²) in [5, 5.41) is 2.68. The van der Waals surface area contributed by atoms with Gasteiger partial charge in [-0.3, -0.25) is 14.6 Å². The number of hydrogen-bond acceptors (Lipinski definition) is 4. The van der Waals surface area contributed by atoms with E-state index >= 15 is 0 Å². The largest absolute Gasteiger partial charge is 0.497 e. The lowest BCUT2D eigenvalue weighted by Crippen LogP contribution is -2.45. The molecule has 2 aromatic carbocycles. The molecule has 1 aliphatic heterocycles. The van der Waals surface area contributed by atoms with Crippen molar-refractivity contribution in [3.63, 3.8) is 0 Å². The number of halogens is 6. The molecule has 0 fully saturated rings. The summed E-state index contributed by atoms with van der Waals surface area (Å²) in [6.07, 6.45) is -7.20. The normalized spacial score (nSPS) is 17.7. The van der Waals surface area contributed by atoms with Crippen molar-refractivity contribution in [1.29, 1.82) is 0 Å². The van der Waals surface area contributed by atoms with Crippen molar-refractivity contribution in [2.24, 2.45) is 0 Å². The lowest BCUT2D eigenvalue weighted by Gasteiger charge is -2.40. The molecule has 2 amide bonds. The van der Waals surface area contributed by atoms with Gasteiger partial charge in [-0.25, -0.2) is 0 Å². The molecule has 2 heterocycles. The average Bonchev–Trinajstić information content (AvgIpc) is 2.88. The number of nitrogens with one attached hydrogen (secondary N) is 1. The minimum absolute atomic E-state index is 0.00543. The van der Waals surface area contributed by atoms with E-state index in [1.54, 1.807) is 12.1 Å². The number of ether oxygens (including phenoxy) is 1. The first-order valence-electron chi connectivity index (χ1n) is 11.2. The maximum atomic E-state index is 13.6. The van der Waals surface area contributed by atoms with Crippen molar-refractivity contribution >= 4 is 11.8 Å². The van der Waals surface area contributed by atoms with Crippen LogP contribution >= 0.6 is 0 Å². The van der Waals surface area contributed by atoms with Crippen molar-refractivity contribution in [1.82, 2.24) is 15.2 Å². The number of nitrogens with zero attached hydrogens (tertiary/aromatic N) is 2. The van der Waals surface area contributed by atoms with E-state index in [0.29, 0.717) is 23.4 Å². The second-order valence-electron chi connectivity index (χ2n) is 8.70. The van der Waals surface area contributed by atoms with E-state index < -0.39 is 52.8 Å². The van der Waals surface area contributed by atoms with Gasteiger partial charge in [0.05, 0.1) is 30.2 Å². The zero-order chi connectivity index (χ0) is 27.8. The third kappa shape index (κ3) is 5.29. The number of pyridine rings is 1. The summed E-state index contributed by atoms with van der Waals surface area (Å²) >= 11 is 0. The average molecular weight is 537 g/mol. The number of benzene rings is 2. The Bertz CT molecular complexity index is 1330. The van der Waals surface area contributed by atoms with E-state index in [2.05, 4.69) is 10.3 Å². The van der Waals surface area contributed by atoms with Crippen LogP contribution in [0.5, 0.6) is 5.75 Å². The molecule has 200 valence electrons. The number of carbonyl (C=O) groups excluding carboxylic acids is 2. The first-order chi connectivity index (χ1) is 17.8. The Morgan fingerprint density at radius 2 is 1.58 bits per heavy atom. The lowest BCUT2D eigenvalue weighted by molar-refractivity contribution is -0.143. The summed E-state index contributed by atoms with van der Waals surface area (Å²) in [4.78, 5) is 31.7. The highest BCUT2D eigenvalue weighted by Crippen LogP contribution is 2.46. The molecule has 1 aliphatic rings. The molecular formula is C26H21F6N3O3. The zero-order valence-electron chi connectivity index (χ0n) is 20.0. The number of aromatic nitrogens is 1. The van der Waals surface area contributed by atoms with Gasteiger partial charge in [0.25, 0.3) is 5.91 Å². The Morgan fingerprint density at radius 1 is 0.974 bits per heavy atom. The third-order valence-electron chi connectivity index (χ3n) is 6.33. The molecule has 0 spiro atoms. The molecule has 1 aromatic heterocycles. The maximum Gasteiger partial charge on any atom is 0.416 e. The molecule has 6 nitrogen and oxygen atoms in total. The number of likely N-dealkylation sites (N-methyl/N-ethyl adjacent to an activating group) is 1. The maximum absolute atomic E-state index is 13.6. The number of carbonyl (C=O) groups is 2. The van der Waals surface area contributed by atoms with Gasteiger partial charge in [-0.05, 0) is 59.2 Å². The van der Waals surface area contributed by atoms with Crippen LogP contribution in [-0.2, 0) is 23.7 Å². The van der Waals surface area contributed by atoms with E-state index in [-0.39, 0.29) is 23.7 Å². The summed E-state index contributed by atoms with van der Waals surface area (Å²) in [5.41, 5.74) is -2.70. The van der Waals surface area contributed by atoms with Gasteiger partial charge < -0.3 is 15.0 Å². The number of alkyl halides is 6. The Kier molecular flexibility index (Phi) is 7.09. The highest BCUT2D eigenvalue weighted by Gasteiger charge is 2.45. The fourth-order valence-corrected chi connectivity index (χ4v) is 4.48. The smallest absolute Gasteiger partial charge is 0.416 e. The van der Waals surface area contributed by atoms with Crippen molar-refractivity contribution < 1.29 is 40.7 Å². The minimum Gasteiger partial charge on any atom is -0.497 e. The van der Waals surface area contributed by atoms with Gasteiger partial charge in [0.15, 0.2) is 0 Å². The van der Waals surface area contributed by atoms with Crippen LogP contribution in [0.3, 0.4) is 0 Å². The molecule has 1 N–H and O–H groups in total. The monoisotopic (exact) mass is 537 g/mol. The summed E-state index contributed by atoms with van der Waals surface area (Å²) in [5.74, 6) is -2.42. The summed E-state index contributed by atoms with van der Waals surface area (Å²) in [6.45, 7) is 0.0180. The van der Waals surface area contributed by atoms with Crippen molar-refractivity contribution in [3.05, 3.63) is 94.3 Å². The fourth-order valence-electron chi connectivity index (χ4n) is 4.48. The number of rotatable bonds is 5. The molecule has 3 aromatic rings. The van der Waals surface area contributed by atoms with Crippen LogP contribution in [0.1, 0.15) is 50.1 Å². The standard InChI is InChI=1S/C26H21F6N3O3/c1-35-22(15-9-16(25(27,28)29)11-17(10-15)26(30,31)32)21(23(36)34-13-14-5-7-33-8-6-14)19-4-3-18(38-2)12-20(19)24(35)37/h3-12,21-22H,13H2,1-2H3,(H,34,36). The van der Waals surface area contributed by atoms with Crippen LogP contribution in [0.15, 0.2) is 60.9 Å². The van der Waals surface area contributed by atoms with Gasteiger partial charge in [-0.2, -0.15) is 26.3 Å². The highest BCUT2D eigenvalue weighted by molar-refractivity contribution is 6.01. The molecule has 12 heteroatoms. The Balaban J connectivity index is 1.88. The molecule has 38 heavy (non-hydrogen) atoms. The van der Waals surface area contributed by atoms with Crippen LogP contribution in [0.2, 0.25) is 0 Å². The topological polar surface area (TPSA) is 71.5 Å². The Morgan fingerprint density at radius 3 is 2.13 bits per heavy atom. The summed E-state index contributed by atoms with van der Waals surface area (Å²) in [7, 11) is 2.59. The fraction of sp³-hybridized carbons (Fsp3) is 0.269. The second kappa shape index (κ2) is 9.99. The van der Waals surface area contributed by atoms with Crippen LogP contribution in [0.4, 0.5) is 26.3 Å². The van der Waals surface area contributed by atoms with Crippen LogP contribution in [-0.4, -0.2) is 35.9 Å². The molecular weight excluding hydrogens is 516 g/mol. The zero-order valence-corrected chi connectivity index (χ0v) is 20.0. The van der Waals surface area contributed by atoms with Gasteiger partial charge in [0.2, 0.25) is 5.91 Å². The van der Waals surface area contributed by atoms with Crippen LogP contribution in [0.25, 0.3) is 0 Å². The number of amides is 2. The molecule has 0 bridgehead atoms. The lowest BCUT2D eigenvalue weighted by atomic mass is 9.78.